The van der Waals surface area contributed by atoms with Crippen LogP contribution in [0.3, 0.4) is 0 Å². The predicted octanol–water partition coefficient (Wildman–Crippen LogP) is 0.821. The zero-order valence-corrected chi connectivity index (χ0v) is 9.69. The Labute approximate surface area is 96.6 Å². The molecule has 0 aromatic heterocycles. The van der Waals surface area contributed by atoms with Gasteiger partial charge in [0.05, 0.1) is 19.1 Å². The van der Waals surface area contributed by atoms with E-state index in [0.29, 0.717) is 13.2 Å². The number of hydrogen-bond acceptors (Lipinski definition) is 3. The monoisotopic (exact) mass is 225 g/mol. The fraction of sp³-hybridized carbons (Fsp3) is 0.750. The van der Waals surface area contributed by atoms with Crippen molar-refractivity contribution in [3.8, 4) is 12.3 Å². The summed E-state index contributed by atoms with van der Waals surface area (Å²) in [7, 11) is 0. The maximum Gasteiger partial charge on any atom is 0.310 e. The summed E-state index contributed by atoms with van der Waals surface area (Å²) in [4.78, 5) is 13.2. The topological polar surface area (TPSA) is 49.8 Å². The smallest absolute Gasteiger partial charge is 0.310 e. The van der Waals surface area contributed by atoms with E-state index in [-0.39, 0.29) is 6.04 Å². The molecule has 0 saturated carbocycles. The molecule has 0 aliphatic carbocycles. The van der Waals surface area contributed by atoms with Crippen molar-refractivity contribution in [2.24, 2.45) is 5.92 Å². The van der Waals surface area contributed by atoms with Crippen molar-refractivity contribution >= 4 is 5.97 Å². The van der Waals surface area contributed by atoms with Crippen LogP contribution >= 0.6 is 0 Å². The van der Waals surface area contributed by atoms with Gasteiger partial charge in [-0.05, 0) is 19.5 Å². The Balaban J connectivity index is 2.51. The normalized spacial score (nSPS) is 24.6. The third-order valence-electron chi connectivity index (χ3n) is 3.01. The van der Waals surface area contributed by atoms with Crippen LogP contribution in [0.4, 0.5) is 0 Å². The van der Waals surface area contributed by atoms with Crippen molar-refractivity contribution in [2.75, 3.05) is 26.3 Å². The molecule has 0 amide bonds. The van der Waals surface area contributed by atoms with Crippen LogP contribution in [-0.2, 0) is 9.53 Å². The fourth-order valence-electron chi connectivity index (χ4n) is 2.08. The van der Waals surface area contributed by atoms with Crippen LogP contribution in [0.15, 0.2) is 0 Å². The lowest BCUT2D eigenvalue weighted by molar-refractivity contribution is -0.143. The second kappa shape index (κ2) is 6.51. The van der Waals surface area contributed by atoms with Crippen molar-refractivity contribution in [1.29, 1.82) is 0 Å². The van der Waals surface area contributed by atoms with Crippen LogP contribution in [0.25, 0.3) is 0 Å². The molecule has 2 unspecified atom stereocenters. The van der Waals surface area contributed by atoms with Crippen LogP contribution in [0.5, 0.6) is 0 Å². The molecule has 2 atom stereocenters. The van der Waals surface area contributed by atoms with Crippen LogP contribution < -0.4 is 0 Å². The zero-order chi connectivity index (χ0) is 12.0. The number of terminal acetylenes is 1. The van der Waals surface area contributed by atoms with Crippen LogP contribution in [0.2, 0.25) is 0 Å². The third-order valence-corrected chi connectivity index (χ3v) is 3.01. The van der Waals surface area contributed by atoms with Crippen LogP contribution in [0.1, 0.15) is 19.8 Å². The van der Waals surface area contributed by atoms with Gasteiger partial charge in [0.15, 0.2) is 0 Å². The molecular formula is C12H19NO3. The molecule has 1 saturated heterocycles. The maximum atomic E-state index is 11.0. The summed E-state index contributed by atoms with van der Waals surface area (Å²) in [6.07, 6.45) is 6.85. The van der Waals surface area contributed by atoms with Gasteiger partial charge in [-0.25, -0.2) is 0 Å². The highest BCUT2D eigenvalue weighted by Gasteiger charge is 2.37. The Bertz CT molecular complexity index is 272. The number of hydrogen-bond donors (Lipinski definition) is 1. The number of likely N-dealkylation sites (N-methyl/N-ethyl adjacent to an activating group) is 1. The number of carbonyl (C=O) groups is 1. The first kappa shape index (κ1) is 13.0. The summed E-state index contributed by atoms with van der Waals surface area (Å²) in [6.45, 7) is 4.56. The van der Waals surface area contributed by atoms with Gasteiger partial charge in [-0.15, -0.1) is 12.3 Å². The molecule has 4 heteroatoms. The molecule has 4 nitrogen and oxygen atoms in total. The minimum Gasteiger partial charge on any atom is -0.481 e. The number of ether oxygens (including phenoxy) is 1. The number of unbranched alkanes of at least 4 members (excludes halogenated alkanes) is 1. The Hall–Kier alpha value is -1.05. The molecule has 1 rings (SSSR count). The lowest BCUT2D eigenvalue weighted by Crippen LogP contribution is -2.43. The van der Waals surface area contributed by atoms with Crippen LogP contribution in [-0.4, -0.2) is 48.3 Å². The van der Waals surface area contributed by atoms with Crippen LogP contribution in [0, 0.1) is 18.3 Å². The largest absolute Gasteiger partial charge is 0.481 e. The Morgan fingerprint density at radius 1 is 1.62 bits per heavy atom. The molecule has 0 bridgehead atoms. The summed E-state index contributed by atoms with van der Waals surface area (Å²) in [6, 6.07) is 0.000254. The van der Waals surface area contributed by atoms with Gasteiger partial charge in [0.25, 0.3) is 0 Å². The number of carboxylic acid groups (broad SMARTS) is 1. The van der Waals surface area contributed by atoms with Gasteiger partial charge in [-0.2, -0.15) is 0 Å². The van der Waals surface area contributed by atoms with Gasteiger partial charge < -0.3 is 9.84 Å². The van der Waals surface area contributed by atoms with Crippen molar-refractivity contribution in [3.05, 3.63) is 0 Å². The summed E-state index contributed by atoms with van der Waals surface area (Å²) in [5.74, 6) is 1.43. The van der Waals surface area contributed by atoms with E-state index in [1.54, 1.807) is 0 Å². The van der Waals surface area contributed by atoms with E-state index >= 15 is 0 Å². The summed E-state index contributed by atoms with van der Waals surface area (Å²) in [5.41, 5.74) is 0. The third kappa shape index (κ3) is 3.22. The summed E-state index contributed by atoms with van der Waals surface area (Å²) >= 11 is 0. The first-order chi connectivity index (χ1) is 7.70. The average Bonchev–Trinajstić information content (AvgIpc) is 2.73. The van der Waals surface area contributed by atoms with Crippen molar-refractivity contribution in [3.63, 3.8) is 0 Å². The first-order valence-electron chi connectivity index (χ1n) is 5.68. The van der Waals surface area contributed by atoms with Gasteiger partial charge in [-0.3, -0.25) is 9.69 Å². The molecule has 1 fully saturated rings. The van der Waals surface area contributed by atoms with E-state index in [1.807, 2.05) is 6.92 Å². The van der Waals surface area contributed by atoms with Gasteiger partial charge in [0.1, 0.15) is 0 Å². The zero-order valence-electron chi connectivity index (χ0n) is 9.69. The Morgan fingerprint density at radius 3 is 2.94 bits per heavy atom. The standard InChI is InChI=1S/C12H19NO3/c1-3-5-6-7-13(4-2)11-9-16-8-10(11)12(14)15/h1,10-11H,4-9H2,2H3,(H,14,15). The summed E-state index contributed by atoms with van der Waals surface area (Å²) < 4.78 is 5.26. The molecule has 1 aliphatic rings. The van der Waals surface area contributed by atoms with E-state index in [4.69, 9.17) is 16.3 Å². The Morgan fingerprint density at radius 2 is 2.38 bits per heavy atom. The summed E-state index contributed by atoms with van der Waals surface area (Å²) in [5, 5.41) is 9.06. The second-order valence-corrected chi connectivity index (χ2v) is 3.99. The predicted molar refractivity (Wildman–Crippen MR) is 61.0 cm³/mol. The van der Waals surface area contributed by atoms with Gasteiger partial charge in [0.2, 0.25) is 0 Å². The van der Waals surface area contributed by atoms with E-state index in [9.17, 15) is 4.79 Å². The molecule has 1 aliphatic heterocycles. The van der Waals surface area contributed by atoms with E-state index < -0.39 is 11.9 Å². The molecule has 16 heavy (non-hydrogen) atoms. The maximum absolute atomic E-state index is 11.0. The van der Waals surface area contributed by atoms with E-state index in [1.165, 1.54) is 0 Å². The van der Waals surface area contributed by atoms with Gasteiger partial charge in [0, 0.05) is 12.5 Å². The molecule has 0 aromatic carbocycles. The lowest BCUT2D eigenvalue weighted by Gasteiger charge is -2.28. The molecule has 1 N–H and O–H groups in total. The first-order valence-corrected chi connectivity index (χ1v) is 5.68. The molecule has 1 heterocycles. The van der Waals surface area contributed by atoms with Gasteiger partial charge >= 0.3 is 5.97 Å². The molecule has 90 valence electrons. The lowest BCUT2D eigenvalue weighted by atomic mass is 10.0. The minimum atomic E-state index is -0.766. The van der Waals surface area contributed by atoms with E-state index in [2.05, 4.69) is 10.8 Å². The fourth-order valence-corrected chi connectivity index (χ4v) is 2.08. The molecule has 0 aromatic rings. The number of nitrogens with zero attached hydrogens (tertiary/aromatic N) is 1. The molecular weight excluding hydrogens is 206 g/mol. The molecule has 0 spiro atoms. The number of carboxylic acids is 1. The second-order valence-electron chi connectivity index (χ2n) is 3.99. The van der Waals surface area contributed by atoms with Crippen molar-refractivity contribution in [1.82, 2.24) is 4.90 Å². The quantitative estimate of drug-likeness (QED) is 0.537. The number of rotatable bonds is 6. The highest BCUT2D eigenvalue weighted by atomic mass is 16.5. The minimum absolute atomic E-state index is 0.000254. The number of aliphatic carboxylic acids is 1. The highest BCUT2D eigenvalue weighted by molar-refractivity contribution is 5.71. The van der Waals surface area contributed by atoms with E-state index in [0.717, 1.165) is 25.9 Å². The van der Waals surface area contributed by atoms with Crippen molar-refractivity contribution in [2.45, 2.75) is 25.8 Å². The molecule has 0 radical (unpaired) electrons. The van der Waals surface area contributed by atoms with Crippen molar-refractivity contribution < 1.29 is 14.6 Å². The highest BCUT2D eigenvalue weighted by Crippen LogP contribution is 2.20. The SMILES string of the molecule is C#CCCCN(CC)C1COCC1C(=O)O. The Kier molecular flexibility index (Phi) is 5.30. The van der Waals surface area contributed by atoms with Gasteiger partial charge in [-0.1, -0.05) is 6.92 Å². The average molecular weight is 225 g/mol.